The maximum Gasteiger partial charge on any atom is 0.118 e. The summed E-state index contributed by atoms with van der Waals surface area (Å²) in [6.07, 6.45) is 0. The van der Waals surface area contributed by atoms with E-state index in [1.807, 2.05) is 12.1 Å². The van der Waals surface area contributed by atoms with Crippen molar-refractivity contribution >= 4 is 27.1 Å². The van der Waals surface area contributed by atoms with Crippen molar-refractivity contribution in [3.05, 3.63) is 136 Å². The van der Waals surface area contributed by atoms with Crippen LogP contribution in [0.5, 0.6) is 5.75 Å². The minimum atomic E-state index is 0.853. The zero-order chi connectivity index (χ0) is 20.1. The third kappa shape index (κ3) is 4.33. The number of hydrogen-bond acceptors (Lipinski definition) is 1. The van der Waals surface area contributed by atoms with Gasteiger partial charge in [-0.1, -0.05) is 101 Å². The SMILES string of the molecule is COc1ccc(C(=C(c2ccccc2)c2ccc(Br)cc2)c2ccccc2)cc1. The monoisotopic (exact) mass is 440 g/mol. The fourth-order valence-corrected chi connectivity index (χ4v) is 3.76. The predicted octanol–water partition coefficient (Wildman–Crippen LogP) is 7.47. The summed E-state index contributed by atoms with van der Waals surface area (Å²) in [5.74, 6) is 0.853. The predicted molar refractivity (Wildman–Crippen MR) is 125 cm³/mol. The van der Waals surface area contributed by atoms with E-state index in [2.05, 4.69) is 113 Å². The molecule has 29 heavy (non-hydrogen) atoms. The van der Waals surface area contributed by atoms with Gasteiger partial charge in [0.15, 0.2) is 0 Å². The van der Waals surface area contributed by atoms with Crippen molar-refractivity contribution in [1.82, 2.24) is 0 Å². The molecule has 1 nitrogen and oxygen atoms in total. The molecule has 0 bridgehead atoms. The van der Waals surface area contributed by atoms with Crippen molar-refractivity contribution in [1.29, 1.82) is 0 Å². The van der Waals surface area contributed by atoms with Gasteiger partial charge in [0.2, 0.25) is 0 Å². The van der Waals surface area contributed by atoms with Crippen LogP contribution in [0.15, 0.2) is 114 Å². The average Bonchev–Trinajstić information content (AvgIpc) is 2.79. The van der Waals surface area contributed by atoms with Crippen LogP contribution >= 0.6 is 15.9 Å². The minimum Gasteiger partial charge on any atom is -0.497 e. The standard InChI is InChI=1S/C27H21BrO/c1-29-25-18-14-23(15-19-25)27(21-10-6-3-7-11-21)26(20-8-4-2-5-9-20)22-12-16-24(28)17-13-22/h2-19H,1H3. The van der Waals surface area contributed by atoms with Gasteiger partial charge in [-0.25, -0.2) is 0 Å². The first kappa shape index (κ1) is 19.2. The van der Waals surface area contributed by atoms with Crippen LogP contribution in [0.2, 0.25) is 0 Å². The molecular formula is C27H21BrO. The molecule has 142 valence electrons. The van der Waals surface area contributed by atoms with E-state index < -0.39 is 0 Å². The normalized spacial score (nSPS) is 11.7. The Kier molecular flexibility index (Phi) is 5.92. The van der Waals surface area contributed by atoms with Gasteiger partial charge in [0.1, 0.15) is 5.75 Å². The Balaban J connectivity index is 2.05. The number of hydrogen-bond donors (Lipinski definition) is 0. The van der Waals surface area contributed by atoms with Crippen LogP contribution in [0.4, 0.5) is 0 Å². The van der Waals surface area contributed by atoms with E-state index in [1.165, 1.54) is 27.8 Å². The van der Waals surface area contributed by atoms with Gasteiger partial charge in [-0.3, -0.25) is 0 Å². The molecule has 0 aliphatic carbocycles. The van der Waals surface area contributed by atoms with Crippen LogP contribution in [0.1, 0.15) is 22.3 Å². The van der Waals surface area contributed by atoms with E-state index in [1.54, 1.807) is 7.11 Å². The van der Waals surface area contributed by atoms with Gasteiger partial charge in [-0.15, -0.1) is 0 Å². The van der Waals surface area contributed by atoms with E-state index >= 15 is 0 Å². The first-order valence-electron chi connectivity index (χ1n) is 9.52. The Morgan fingerprint density at radius 3 is 1.31 bits per heavy atom. The molecule has 0 heterocycles. The summed E-state index contributed by atoms with van der Waals surface area (Å²) in [6.45, 7) is 0. The molecule has 0 radical (unpaired) electrons. The maximum absolute atomic E-state index is 5.38. The molecule has 4 aromatic rings. The second-order valence-corrected chi connectivity index (χ2v) is 7.63. The maximum atomic E-state index is 5.38. The molecule has 0 aliphatic rings. The van der Waals surface area contributed by atoms with Gasteiger partial charge in [0.25, 0.3) is 0 Å². The highest BCUT2D eigenvalue weighted by Gasteiger charge is 2.16. The lowest BCUT2D eigenvalue weighted by Gasteiger charge is -2.18. The van der Waals surface area contributed by atoms with Crippen LogP contribution in [0.25, 0.3) is 11.1 Å². The first-order chi connectivity index (χ1) is 14.3. The number of halogens is 1. The second kappa shape index (κ2) is 8.93. The fourth-order valence-electron chi connectivity index (χ4n) is 3.49. The zero-order valence-electron chi connectivity index (χ0n) is 16.2. The molecular weight excluding hydrogens is 420 g/mol. The highest BCUT2D eigenvalue weighted by Crippen LogP contribution is 2.37. The highest BCUT2D eigenvalue weighted by atomic mass is 79.9. The van der Waals surface area contributed by atoms with E-state index in [9.17, 15) is 0 Å². The first-order valence-corrected chi connectivity index (χ1v) is 10.3. The molecule has 0 fully saturated rings. The molecule has 0 saturated carbocycles. The Labute approximate surface area is 180 Å². The molecule has 0 amide bonds. The number of methoxy groups -OCH3 is 1. The van der Waals surface area contributed by atoms with E-state index in [0.29, 0.717) is 0 Å². The molecule has 0 atom stereocenters. The highest BCUT2D eigenvalue weighted by molar-refractivity contribution is 9.10. The number of ether oxygens (including phenoxy) is 1. The summed E-state index contributed by atoms with van der Waals surface area (Å²) in [5, 5.41) is 0. The number of benzene rings is 4. The third-order valence-corrected chi connectivity index (χ3v) is 5.42. The summed E-state index contributed by atoms with van der Waals surface area (Å²) in [7, 11) is 1.69. The van der Waals surface area contributed by atoms with Crippen LogP contribution in [0, 0.1) is 0 Å². The molecule has 4 rings (SSSR count). The van der Waals surface area contributed by atoms with Crippen molar-refractivity contribution in [2.75, 3.05) is 7.11 Å². The van der Waals surface area contributed by atoms with Gasteiger partial charge in [-0.2, -0.15) is 0 Å². The third-order valence-electron chi connectivity index (χ3n) is 4.89. The quantitative estimate of drug-likeness (QED) is 0.292. The van der Waals surface area contributed by atoms with Crippen molar-refractivity contribution in [2.24, 2.45) is 0 Å². The fraction of sp³-hybridized carbons (Fsp3) is 0.0370. The zero-order valence-corrected chi connectivity index (χ0v) is 17.8. The average molecular weight is 441 g/mol. The molecule has 0 N–H and O–H groups in total. The van der Waals surface area contributed by atoms with Crippen molar-refractivity contribution < 1.29 is 4.74 Å². The lowest BCUT2D eigenvalue weighted by molar-refractivity contribution is 0.415. The lowest BCUT2D eigenvalue weighted by atomic mass is 9.86. The van der Waals surface area contributed by atoms with E-state index in [4.69, 9.17) is 4.74 Å². The van der Waals surface area contributed by atoms with Crippen LogP contribution < -0.4 is 4.74 Å². The smallest absolute Gasteiger partial charge is 0.118 e. The molecule has 0 unspecified atom stereocenters. The molecule has 0 aromatic heterocycles. The topological polar surface area (TPSA) is 9.23 Å². The minimum absolute atomic E-state index is 0.853. The van der Waals surface area contributed by atoms with Gasteiger partial charge in [-0.05, 0) is 57.7 Å². The van der Waals surface area contributed by atoms with Gasteiger partial charge < -0.3 is 4.74 Å². The Bertz CT molecular complexity index is 1100. The van der Waals surface area contributed by atoms with Crippen LogP contribution in [-0.2, 0) is 0 Å². The molecule has 4 aromatic carbocycles. The largest absolute Gasteiger partial charge is 0.497 e. The van der Waals surface area contributed by atoms with Crippen molar-refractivity contribution in [3.63, 3.8) is 0 Å². The lowest BCUT2D eigenvalue weighted by Crippen LogP contribution is -1.97. The Morgan fingerprint density at radius 2 is 0.897 bits per heavy atom. The van der Waals surface area contributed by atoms with Crippen molar-refractivity contribution in [2.45, 2.75) is 0 Å². The molecule has 0 saturated heterocycles. The summed E-state index contributed by atoms with van der Waals surface area (Å²) in [6, 6.07) is 37.9. The van der Waals surface area contributed by atoms with Crippen molar-refractivity contribution in [3.8, 4) is 5.75 Å². The second-order valence-electron chi connectivity index (χ2n) is 6.72. The molecule has 2 heteroatoms. The van der Waals surface area contributed by atoms with Gasteiger partial charge in [0, 0.05) is 4.47 Å². The molecule has 0 spiro atoms. The van der Waals surface area contributed by atoms with Gasteiger partial charge in [0.05, 0.1) is 7.11 Å². The number of rotatable bonds is 5. The molecule has 0 aliphatic heterocycles. The van der Waals surface area contributed by atoms with Gasteiger partial charge >= 0.3 is 0 Å². The van der Waals surface area contributed by atoms with E-state index in [-0.39, 0.29) is 0 Å². The van der Waals surface area contributed by atoms with E-state index in [0.717, 1.165) is 15.8 Å². The summed E-state index contributed by atoms with van der Waals surface area (Å²) in [5.41, 5.74) is 7.09. The Hall–Kier alpha value is -3.10. The summed E-state index contributed by atoms with van der Waals surface area (Å²) < 4.78 is 6.45. The summed E-state index contributed by atoms with van der Waals surface area (Å²) >= 11 is 3.56. The van der Waals surface area contributed by atoms with Crippen LogP contribution in [-0.4, -0.2) is 7.11 Å². The Morgan fingerprint density at radius 1 is 0.517 bits per heavy atom. The van der Waals surface area contributed by atoms with Crippen LogP contribution in [0.3, 0.4) is 0 Å². The summed E-state index contributed by atoms with van der Waals surface area (Å²) in [4.78, 5) is 0.